The molecule has 3 aromatic rings. The molecule has 0 fully saturated rings. The van der Waals surface area contributed by atoms with Crippen molar-refractivity contribution in [3.05, 3.63) is 126 Å². The Morgan fingerprint density at radius 3 is 0.670 bits per heavy atom. The summed E-state index contributed by atoms with van der Waals surface area (Å²) in [5, 5.41) is 35.6. The number of rotatable bonds is 51. The smallest absolute Gasteiger partial charge is 0.337 e. The van der Waals surface area contributed by atoms with E-state index in [0.29, 0.717) is 36.3 Å². The quantitative estimate of drug-likeness (QED) is 0.0235. The molecule has 6 N–H and O–H groups in total. The van der Waals surface area contributed by atoms with Gasteiger partial charge in [0, 0.05) is 36.6 Å². The Labute approximate surface area is 543 Å². The SMILES string of the molecule is CCCCCCCC/C=C\CCCCCCCC(=O)Nc1ccccc1C(=O)O.CCCCCCCC/C=C\CCCCCCCC(=O)Nc1ccccc1C(=O)O.CCCCCCCC/C=C\CCCCCCCC(=O)Nc1ccccc1C(=O)O.[Cr]. The van der Waals surface area contributed by atoms with Gasteiger partial charge in [-0.15, -0.1) is 0 Å². The molecule has 0 unspecified atom stereocenters. The van der Waals surface area contributed by atoms with Gasteiger partial charge in [0.2, 0.25) is 17.7 Å². The monoisotopic (exact) mass is 1260 g/mol. The standard InChI is InChI=1S/3C25H39NO3.Cr/c3*1-2-3-4-5-6-7-8-9-10-11-12-13-14-15-16-21-24(27)26-23-20-18-17-19-22(23)25(28)29;/h3*9-10,17-20H,2-8,11-16,21H2,1H3,(H,26,27)(H,28,29);/b3*10-9-;. The number of carbonyl (C=O) groups is 6. The molecule has 3 rings (SSSR count). The summed E-state index contributed by atoms with van der Waals surface area (Å²) < 4.78 is 0. The minimum Gasteiger partial charge on any atom is -0.478 e. The van der Waals surface area contributed by atoms with E-state index in [1.54, 1.807) is 54.6 Å². The van der Waals surface area contributed by atoms with Crippen LogP contribution in [-0.2, 0) is 31.7 Å². The van der Waals surface area contributed by atoms with Crippen molar-refractivity contribution in [1.29, 1.82) is 0 Å². The van der Waals surface area contributed by atoms with E-state index < -0.39 is 17.9 Å². The second-order valence-electron chi connectivity index (χ2n) is 23.2. The molecule has 0 bridgehead atoms. The van der Waals surface area contributed by atoms with Gasteiger partial charge >= 0.3 is 17.9 Å². The minimum atomic E-state index is -1.03. The van der Waals surface area contributed by atoms with Crippen LogP contribution in [-0.4, -0.2) is 50.9 Å². The Morgan fingerprint density at radius 2 is 0.466 bits per heavy atom. The third kappa shape index (κ3) is 48.2. The zero-order valence-corrected chi connectivity index (χ0v) is 56.1. The molecule has 88 heavy (non-hydrogen) atoms. The molecule has 0 aromatic heterocycles. The number of benzene rings is 3. The number of amides is 3. The van der Waals surface area contributed by atoms with Gasteiger partial charge in [0.25, 0.3) is 0 Å². The summed E-state index contributed by atoms with van der Waals surface area (Å²) >= 11 is 0. The summed E-state index contributed by atoms with van der Waals surface area (Å²) in [5.41, 5.74) is 1.51. The van der Waals surface area contributed by atoms with Crippen LogP contribution >= 0.6 is 0 Å². The average molecular weight is 1260 g/mol. The second kappa shape index (κ2) is 60.2. The Balaban J connectivity index is 0.00000128. The fourth-order valence-corrected chi connectivity index (χ4v) is 10.0. The van der Waals surface area contributed by atoms with Crippen molar-refractivity contribution in [2.24, 2.45) is 0 Å². The third-order valence-corrected chi connectivity index (χ3v) is 15.3. The summed E-state index contributed by atoms with van der Waals surface area (Å²) in [4.78, 5) is 69.5. The van der Waals surface area contributed by atoms with Gasteiger partial charge in [0.05, 0.1) is 33.8 Å². The number of carboxylic acid groups (broad SMARTS) is 3. The van der Waals surface area contributed by atoms with Crippen molar-refractivity contribution in [2.75, 3.05) is 16.0 Å². The van der Waals surface area contributed by atoms with Gasteiger partial charge in [-0.05, 0) is 133 Å². The zero-order chi connectivity index (χ0) is 63.5. The van der Waals surface area contributed by atoms with Gasteiger partial charge < -0.3 is 31.3 Å². The number of allylic oxidation sites excluding steroid dienone is 6. The number of anilines is 3. The number of hydrogen-bond donors (Lipinski definition) is 6. The zero-order valence-electron chi connectivity index (χ0n) is 54.8. The summed E-state index contributed by atoms with van der Waals surface area (Å²) in [6.07, 6.45) is 63.1. The van der Waals surface area contributed by atoms with Crippen molar-refractivity contribution in [1.82, 2.24) is 0 Å². The first-order chi connectivity index (χ1) is 42.4. The molecule has 492 valence electrons. The molecule has 0 saturated heterocycles. The van der Waals surface area contributed by atoms with Crippen LogP contribution in [0.2, 0.25) is 0 Å². The molecule has 12 nitrogen and oxygen atoms in total. The van der Waals surface area contributed by atoms with E-state index >= 15 is 0 Å². The Bertz CT molecular complexity index is 2090. The van der Waals surface area contributed by atoms with Crippen LogP contribution in [0, 0.1) is 0 Å². The van der Waals surface area contributed by atoms with E-state index in [1.807, 2.05) is 0 Å². The molecule has 0 heterocycles. The van der Waals surface area contributed by atoms with E-state index in [4.69, 9.17) is 15.3 Å². The Morgan fingerprint density at radius 1 is 0.284 bits per heavy atom. The molecule has 3 aromatic carbocycles. The summed E-state index contributed by atoms with van der Waals surface area (Å²) in [6.45, 7) is 6.76. The summed E-state index contributed by atoms with van der Waals surface area (Å²) in [6, 6.07) is 19.5. The van der Waals surface area contributed by atoms with Gasteiger partial charge in [-0.2, -0.15) is 0 Å². The van der Waals surface area contributed by atoms with Crippen LogP contribution in [0.15, 0.2) is 109 Å². The molecule has 0 aliphatic heterocycles. The molecular weight excluding hydrogens is 1140 g/mol. The fourth-order valence-electron chi connectivity index (χ4n) is 10.0. The molecule has 0 aliphatic carbocycles. The van der Waals surface area contributed by atoms with Crippen LogP contribution in [0.1, 0.15) is 322 Å². The predicted octanol–water partition coefficient (Wildman–Crippen LogP) is 22.1. The number of unbranched alkanes of at least 4 members (excludes halogenated alkanes) is 33. The van der Waals surface area contributed by atoms with Crippen molar-refractivity contribution in [3.8, 4) is 0 Å². The molecule has 0 atom stereocenters. The molecule has 3 amide bonds. The first kappa shape index (κ1) is 82.2. The van der Waals surface area contributed by atoms with Gasteiger partial charge in [0.1, 0.15) is 0 Å². The second-order valence-corrected chi connectivity index (χ2v) is 23.2. The first-order valence-electron chi connectivity index (χ1n) is 34.3. The largest absolute Gasteiger partial charge is 0.478 e. The van der Waals surface area contributed by atoms with Gasteiger partial charge in [0.15, 0.2) is 0 Å². The number of nitrogens with one attached hydrogen (secondary N) is 3. The molecule has 0 radical (unpaired) electrons. The van der Waals surface area contributed by atoms with Crippen LogP contribution in [0.4, 0.5) is 17.1 Å². The normalized spacial score (nSPS) is 10.9. The molecule has 0 aliphatic rings. The van der Waals surface area contributed by atoms with E-state index in [-0.39, 0.29) is 51.8 Å². The van der Waals surface area contributed by atoms with Gasteiger partial charge in [-0.25, -0.2) is 14.4 Å². The van der Waals surface area contributed by atoms with E-state index in [0.717, 1.165) is 77.0 Å². The molecule has 0 spiro atoms. The molecule has 13 heteroatoms. The molecule has 0 saturated carbocycles. The van der Waals surface area contributed by atoms with Crippen molar-refractivity contribution in [3.63, 3.8) is 0 Å². The number of hydrogen-bond acceptors (Lipinski definition) is 6. The first-order valence-corrected chi connectivity index (χ1v) is 34.3. The van der Waals surface area contributed by atoms with Crippen molar-refractivity contribution < 1.29 is 61.4 Å². The van der Waals surface area contributed by atoms with Crippen LogP contribution in [0.3, 0.4) is 0 Å². The van der Waals surface area contributed by atoms with Crippen LogP contribution < -0.4 is 16.0 Å². The average Bonchev–Trinajstić information content (AvgIpc) is 3.25. The number of para-hydroxylation sites is 3. The summed E-state index contributed by atoms with van der Waals surface area (Å²) in [7, 11) is 0. The maximum Gasteiger partial charge on any atom is 0.337 e. The van der Waals surface area contributed by atoms with Crippen LogP contribution in [0.5, 0.6) is 0 Å². The van der Waals surface area contributed by atoms with Crippen molar-refractivity contribution in [2.45, 2.75) is 290 Å². The minimum absolute atomic E-state index is 0. The fraction of sp³-hybridized carbons (Fsp3) is 0.600. The number of carbonyl (C=O) groups excluding carboxylic acids is 3. The van der Waals surface area contributed by atoms with E-state index in [2.05, 4.69) is 73.2 Å². The van der Waals surface area contributed by atoms with E-state index in [1.165, 1.54) is 192 Å². The Kier molecular flexibility index (Phi) is 56.2. The summed E-state index contributed by atoms with van der Waals surface area (Å²) in [5.74, 6) is -3.42. The number of carboxylic acids is 3. The van der Waals surface area contributed by atoms with E-state index in [9.17, 15) is 28.8 Å². The Hall–Kier alpha value is -5.77. The molecular formula is C75H117CrN3O9. The predicted molar refractivity (Wildman–Crippen MR) is 364 cm³/mol. The number of aromatic carboxylic acids is 3. The third-order valence-electron chi connectivity index (χ3n) is 15.3. The van der Waals surface area contributed by atoms with Gasteiger partial charge in [-0.3, -0.25) is 14.4 Å². The maximum absolute atomic E-state index is 12.0. The van der Waals surface area contributed by atoms with Crippen molar-refractivity contribution >= 4 is 52.7 Å². The topological polar surface area (TPSA) is 199 Å². The van der Waals surface area contributed by atoms with Crippen LogP contribution in [0.25, 0.3) is 0 Å². The van der Waals surface area contributed by atoms with Gasteiger partial charge in [-0.1, -0.05) is 248 Å². The maximum atomic E-state index is 12.0.